The zero-order valence-electron chi connectivity index (χ0n) is 13.3. The van der Waals surface area contributed by atoms with Crippen LogP contribution in [0.2, 0.25) is 5.02 Å². The van der Waals surface area contributed by atoms with E-state index in [9.17, 15) is 4.79 Å². The molecule has 0 aliphatic rings. The molecule has 0 saturated carbocycles. The smallest absolute Gasteiger partial charge is 0.266 e. The van der Waals surface area contributed by atoms with Gasteiger partial charge >= 0.3 is 0 Å². The number of hydrazone groups is 1. The quantitative estimate of drug-likeness (QED) is 0.494. The van der Waals surface area contributed by atoms with Crippen molar-refractivity contribution >= 4 is 45.1 Å². The second kappa shape index (κ2) is 7.60. The van der Waals surface area contributed by atoms with Gasteiger partial charge in [0, 0.05) is 16.3 Å². The van der Waals surface area contributed by atoms with Gasteiger partial charge in [0.25, 0.3) is 5.91 Å². The summed E-state index contributed by atoms with van der Waals surface area (Å²) in [5.74, 6) is -0.269. The minimum Gasteiger partial charge on any atom is -0.266 e. The van der Waals surface area contributed by atoms with Crippen LogP contribution in [-0.4, -0.2) is 12.1 Å². The van der Waals surface area contributed by atoms with Crippen LogP contribution in [0.1, 0.15) is 27.2 Å². The van der Waals surface area contributed by atoms with Crippen molar-refractivity contribution in [3.8, 4) is 0 Å². The van der Waals surface area contributed by atoms with E-state index >= 15 is 0 Å². The van der Waals surface area contributed by atoms with Crippen LogP contribution in [0.3, 0.4) is 0 Å². The van der Waals surface area contributed by atoms with Gasteiger partial charge < -0.3 is 0 Å². The van der Waals surface area contributed by atoms with E-state index in [4.69, 9.17) is 11.6 Å². The minimum absolute atomic E-state index is 0.269. The van der Waals surface area contributed by atoms with Crippen molar-refractivity contribution in [2.45, 2.75) is 19.8 Å². The van der Waals surface area contributed by atoms with E-state index in [2.05, 4.69) is 22.7 Å². The molecule has 0 spiro atoms. The lowest BCUT2D eigenvalue weighted by molar-refractivity contribution is 0.0959. The van der Waals surface area contributed by atoms with Gasteiger partial charge in [-0.15, -0.1) is 11.3 Å². The SMILES string of the molecule is Cc1ccc2c(Cl)c(C(=O)N/N=C/CCc3ccccc3)sc2c1. The zero-order chi connectivity index (χ0) is 16.9. The lowest BCUT2D eigenvalue weighted by atomic mass is 10.1. The van der Waals surface area contributed by atoms with Crippen LogP contribution < -0.4 is 5.43 Å². The topological polar surface area (TPSA) is 41.5 Å². The summed E-state index contributed by atoms with van der Waals surface area (Å²) >= 11 is 7.71. The van der Waals surface area contributed by atoms with Crippen LogP contribution in [-0.2, 0) is 6.42 Å². The zero-order valence-corrected chi connectivity index (χ0v) is 14.8. The average molecular weight is 357 g/mol. The maximum absolute atomic E-state index is 12.3. The Labute approximate surface area is 150 Å². The number of amides is 1. The predicted octanol–water partition coefficient (Wildman–Crippen LogP) is 5.21. The fourth-order valence-corrected chi connectivity index (χ4v) is 3.92. The molecule has 1 N–H and O–H groups in total. The number of thiophene rings is 1. The molecule has 5 heteroatoms. The highest BCUT2D eigenvalue weighted by Crippen LogP contribution is 2.35. The van der Waals surface area contributed by atoms with Crippen LogP contribution in [0.5, 0.6) is 0 Å². The third-order valence-corrected chi connectivity index (χ3v) is 5.31. The minimum atomic E-state index is -0.269. The highest BCUT2D eigenvalue weighted by atomic mass is 35.5. The fourth-order valence-electron chi connectivity index (χ4n) is 2.41. The van der Waals surface area contributed by atoms with Crippen molar-refractivity contribution in [1.29, 1.82) is 0 Å². The Bertz CT molecular complexity index is 887. The first-order valence-electron chi connectivity index (χ1n) is 7.69. The van der Waals surface area contributed by atoms with Crippen molar-refractivity contribution in [2.75, 3.05) is 0 Å². The highest BCUT2D eigenvalue weighted by molar-refractivity contribution is 7.21. The molecule has 3 nitrogen and oxygen atoms in total. The molecule has 0 radical (unpaired) electrons. The molecule has 0 bridgehead atoms. The third kappa shape index (κ3) is 3.83. The second-order valence-electron chi connectivity index (χ2n) is 5.52. The van der Waals surface area contributed by atoms with Gasteiger partial charge in [-0.2, -0.15) is 5.10 Å². The molecule has 0 fully saturated rings. The van der Waals surface area contributed by atoms with Crippen LogP contribution >= 0.6 is 22.9 Å². The predicted molar refractivity (Wildman–Crippen MR) is 102 cm³/mol. The van der Waals surface area contributed by atoms with Crippen LogP contribution in [0, 0.1) is 6.92 Å². The number of carbonyl (C=O) groups is 1. The second-order valence-corrected chi connectivity index (χ2v) is 6.95. The van der Waals surface area contributed by atoms with Crippen LogP contribution in [0.15, 0.2) is 53.6 Å². The molecule has 0 aliphatic heterocycles. The van der Waals surface area contributed by atoms with Gasteiger partial charge in [-0.05, 0) is 37.0 Å². The van der Waals surface area contributed by atoms with Crippen molar-refractivity contribution in [3.05, 3.63) is 69.6 Å². The molecule has 1 aromatic heterocycles. The third-order valence-electron chi connectivity index (χ3n) is 3.65. The van der Waals surface area contributed by atoms with E-state index in [-0.39, 0.29) is 5.91 Å². The number of aryl methyl sites for hydroxylation is 2. The number of halogens is 1. The first kappa shape index (κ1) is 16.7. The van der Waals surface area contributed by atoms with E-state index in [0.29, 0.717) is 9.90 Å². The van der Waals surface area contributed by atoms with E-state index in [1.807, 2.05) is 43.3 Å². The van der Waals surface area contributed by atoms with Crippen molar-refractivity contribution in [2.24, 2.45) is 5.10 Å². The van der Waals surface area contributed by atoms with Gasteiger partial charge in [0.05, 0.1) is 5.02 Å². The van der Waals surface area contributed by atoms with Crippen molar-refractivity contribution in [1.82, 2.24) is 5.43 Å². The van der Waals surface area contributed by atoms with Gasteiger partial charge in [-0.1, -0.05) is 54.1 Å². The van der Waals surface area contributed by atoms with Crippen molar-refractivity contribution in [3.63, 3.8) is 0 Å². The van der Waals surface area contributed by atoms with Gasteiger partial charge in [0.1, 0.15) is 4.88 Å². The maximum Gasteiger partial charge on any atom is 0.282 e. The van der Waals surface area contributed by atoms with E-state index < -0.39 is 0 Å². The Morgan fingerprint density at radius 1 is 1.25 bits per heavy atom. The number of carbonyl (C=O) groups excluding carboxylic acids is 1. The van der Waals surface area contributed by atoms with Crippen LogP contribution in [0.4, 0.5) is 0 Å². The fraction of sp³-hybridized carbons (Fsp3) is 0.158. The number of fused-ring (bicyclic) bond motifs is 1. The van der Waals surface area contributed by atoms with E-state index in [1.54, 1.807) is 6.21 Å². The normalized spacial score (nSPS) is 11.2. The van der Waals surface area contributed by atoms with Gasteiger partial charge in [0.2, 0.25) is 0 Å². The number of benzene rings is 2. The van der Waals surface area contributed by atoms with Gasteiger partial charge in [-0.3, -0.25) is 4.79 Å². The average Bonchev–Trinajstić information content (AvgIpc) is 2.91. The lowest BCUT2D eigenvalue weighted by Crippen LogP contribution is -2.16. The number of rotatable bonds is 5. The molecular weight excluding hydrogens is 340 g/mol. The number of nitrogens with zero attached hydrogens (tertiary/aromatic N) is 1. The summed E-state index contributed by atoms with van der Waals surface area (Å²) in [5, 5.41) is 5.42. The summed E-state index contributed by atoms with van der Waals surface area (Å²) in [6.45, 7) is 2.02. The van der Waals surface area contributed by atoms with Crippen LogP contribution in [0.25, 0.3) is 10.1 Å². The summed E-state index contributed by atoms with van der Waals surface area (Å²) in [5.41, 5.74) is 4.95. The first-order chi connectivity index (χ1) is 11.6. The molecule has 0 atom stereocenters. The number of hydrogen-bond donors (Lipinski definition) is 1. The van der Waals surface area contributed by atoms with E-state index in [1.165, 1.54) is 16.9 Å². The molecule has 0 aliphatic carbocycles. The Balaban J connectivity index is 1.61. The maximum atomic E-state index is 12.3. The Kier molecular flexibility index (Phi) is 5.28. The summed E-state index contributed by atoms with van der Waals surface area (Å²) in [4.78, 5) is 12.8. The molecule has 3 rings (SSSR count). The lowest BCUT2D eigenvalue weighted by Gasteiger charge is -1.98. The first-order valence-corrected chi connectivity index (χ1v) is 8.89. The molecule has 0 unspecified atom stereocenters. The molecule has 0 saturated heterocycles. The van der Waals surface area contributed by atoms with Gasteiger partial charge in [-0.25, -0.2) is 5.43 Å². The van der Waals surface area contributed by atoms with Gasteiger partial charge in [0.15, 0.2) is 0 Å². The summed E-state index contributed by atoms with van der Waals surface area (Å²) < 4.78 is 1.01. The molecule has 2 aromatic carbocycles. The molecule has 1 amide bonds. The highest BCUT2D eigenvalue weighted by Gasteiger charge is 2.16. The molecular formula is C19H17ClN2OS. The number of nitrogens with one attached hydrogen (secondary N) is 1. The molecule has 3 aromatic rings. The standard InChI is InChI=1S/C19H17ClN2OS/c1-13-9-10-15-16(12-13)24-18(17(15)20)19(23)22-21-11-5-8-14-6-3-2-4-7-14/h2-4,6-7,9-12H,5,8H2,1H3,(H,22,23)/b21-11+. The Morgan fingerprint density at radius 2 is 2.04 bits per heavy atom. The number of hydrogen-bond acceptors (Lipinski definition) is 3. The summed E-state index contributed by atoms with van der Waals surface area (Å²) in [6.07, 6.45) is 3.38. The Morgan fingerprint density at radius 3 is 2.83 bits per heavy atom. The molecule has 122 valence electrons. The summed E-state index contributed by atoms with van der Waals surface area (Å²) in [6, 6.07) is 16.1. The Hall–Kier alpha value is -2.17. The van der Waals surface area contributed by atoms with Crippen molar-refractivity contribution < 1.29 is 4.79 Å². The van der Waals surface area contributed by atoms with E-state index in [0.717, 1.165) is 28.5 Å². The monoisotopic (exact) mass is 356 g/mol. The molecule has 1 heterocycles. The molecule has 24 heavy (non-hydrogen) atoms. The summed E-state index contributed by atoms with van der Waals surface area (Å²) in [7, 11) is 0. The largest absolute Gasteiger partial charge is 0.282 e.